The number of amides is 2. The van der Waals surface area contributed by atoms with E-state index >= 15 is 0 Å². The van der Waals surface area contributed by atoms with E-state index in [0.29, 0.717) is 6.54 Å². The highest BCUT2D eigenvalue weighted by Gasteiger charge is 2.42. The molecule has 1 unspecified atom stereocenters. The van der Waals surface area contributed by atoms with E-state index in [-0.39, 0.29) is 25.1 Å². The summed E-state index contributed by atoms with van der Waals surface area (Å²) < 4.78 is 0. The first-order chi connectivity index (χ1) is 8.56. The maximum Gasteiger partial charge on any atom is 0.318 e. The van der Waals surface area contributed by atoms with Crippen LogP contribution in [0.2, 0.25) is 0 Å². The Kier molecular flexibility index (Phi) is 3.75. The molecule has 6 heteroatoms. The van der Waals surface area contributed by atoms with Crippen LogP contribution >= 0.6 is 0 Å². The smallest absolute Gasteiger partial charge is 0.318 e. The summed E-state index contributed by atoms with van der Waals surface area (Å²) in [6.45, 7) is 0.611. The molecule has 0 aromatic heterocycles. The van der Waals surface area contributed by atoms with Gasteiger partial charge in [0.25, 0.3) is 0 Å². The van der Waals surface area contributed by atoms with Gasteiger partial charge in [-0.3, -0.25) is 4.79 Å². The fourth-order valence-corrected chi connectivity index (χ4v) is 2.83. The van der Waals surface area contributed by atoms with E-state index in [0.717, 1.165) is 32.1 Å². The number of hydrogen-bond donors (Lipinski definition) is 3. The zero-order valence-corrected chi connectivity index (χ0v) is 10.4. The molecule has 6 nitrogen and oxygen atoms in total. The van der Waals surface area contributed by atoms with Crippen LogP contribution < -0.4 is 5.32 Å². The molecule has 1 saturated heterocycles. The number of carbonyl (C=O) groups excluding carboxylic acids is 1. The van der Waals surface area contributed by atoms with Gasteiger partial charge in [-0.25, -0.2) is 4.79 Å². The quantitative estimate of drug-likeness (QED) is 0.685. The number of nitrogens with one attached hydrogen (secondary N) is 1. The molecule has 0 radical (unpaired) electrons. The largest absolute Gasteiger partial charge is 0.481 e. The van der Waals surface area contributed by atoms with E-state index in [1.165, 1.54) is 0 Å². The Balaban J connectivity index is 1.95. The molecule has 3 N–H and O–H groups in total. The predicted molar refractivity (Wildman–Crippen MR) is 64.2 cm³/mol. The number of hydrogen-bond acceptors (Lipinski definition) is 3. The third-order valence-electron chi connectivity index (χ3n) is 4.02. The summed E-state index contributed by atoms with van der Waals surface area (Å²) in [4.78, 5) is 24.6. The van der Waals surface area contributed by atoms with Crippen molar-refractivity contribution < 1.29 is 19.8 Å². The summed E-state index contributed by atoms with van der Waals surface area (Å²) in [5.41, 5.74) is -0.564. The van der Waals surface area contributed by atoms with Gasteiger partial charge in [0, 0.05) is 6.54 Å². The average molecular weight is 256 g/mol. The van der Waals surface area contributed by atoms with Crippen LogP contribution in [0.4, 0.5) is 4.79 Å². The fourth-order valence-electron chi connectivity index (χ4n) is 2.83. The molecule has 1 heterocycles. The van der Waals surface area contributed by atoms with E-state index in [4.69, 9.17) is 5.11 Å². The van der Waals surface area contributed by atoms with Gasteiger partial charge in [-0.2, -0.15) is 0 Å². The van der Waals surface area contributed by atoms with Crippen molar-refractivity contribution in [3.8, 4) is 0 Å². The van der Waals surface area contributed by atoms with Gasteiger partial charge in [0.1, 0.15) is 0 Å². The minimum absolute atomic E-state index is 0.0175. The van der Waals surface area contributed by atoms with E-state index in [9.17, 15) is 14.7 Å². The first kappa shape index (κ1) is 13.1. The van der Waals surface area contributed by atoms with Gasteiger partial charge in [-0.1, -0.05) is 0 Å². The third kappa shape index (κ3) is 2.58. The first-order valence-corrected chi connectivity index (χ1v) is 6.48. The van der Waals surface area contributed by atoms with E-state index < -0.39 is 11.5 Å². The second-order valence-corrected chi connectivity index (χ2v) is 5.31. The molecular formula is C12H20N2O4. The number of likely N-dealkylation sites (tertiary alicyclic amines) is 1. The first-order valence-electron chi connectivity index (χ1n) is 6.48. The number of rotatable bonds is 4. The third-order valence-corrected chi connectivity index (χ3v) is 4.02. The number of aliphatic hydroxyl groups excluding tert-OH is 1. The van der Waals surface area contributed by atoms with Crippen molar-refractivity contribution >= 4 is 12.0 Å². The van der Waals surface area contributed by atoms with Crippen molar-refractivity contribution in [1.82, 2.24) is 10.2 Å². The predicted octanol–water partition coefficient (Wildman–Crippen LogP) is 0.550. The molecule has 0 spiro atoms. The highest BCUT2D eigenvalue weighted by atomic mass is 16.4. The Labute approximate surface area is 106 Å². The van der Waals surface area contributed by atoms with E-state index in [2.05, 4.69) is 5.32 Å². The Morgan fingerprint density at radius 3 is 2.56 bits per heavy atom. The highest BCUT2D eigenvalue weighted by Crippen LogP contribution is 2.35. The summed E-state index contributed by atoms with van der Waals surface area (Å²) in [6.07, 6.45) is 4.10. The lowest BCUT2D eigenvalue weighted by Gasteiger charge is -2.42. The number of urea groups is 1. The highest BCUT2D eigenvalue weighted by molar-refractivity contribution is 5.77. The van der Waals surface area contributed by atoms with Gasteiger partial charge in [0.2, 0.25) is 0 Å². The summed E-state index contributed by atoms with van der Waals surface area (Å²) in [5.74, 6) is -0.880. The van der Waals surface area contributed by atoms with Crippen molar-refractivity contribution in [3.05, 3.63) is 0 Å². The second kappa shape index (κ2) is 5.14. The minimum atomic E-state index is -0.880. The zero-order chi connectivity index (χ0) is 13.2. The fraction of sp³-hybridized carbons (Fsp3) is 0.833. The Morgan fingerprint density at radius 1 is 1.33 bits per heavy atom. The molecule has 1 aliphatic heterocycles. The molecule has 0 aromatic carbocycles. The Bertz CT molecular complexity index is 341. The normalized spacial score (nSPS) is 25.6. The van der Waals surface area contributed by atoms with Crippen molar-refractivity contribution in [2.75, 3.05) is 13.2 Å². The molecule has 2 amide bonds. The molecule has 2 aliphatic rings. The zero-order valence-electron chi connectivity index (χ0n) is 10.4. The van der Waals surface area contributed by atoms with Crippen LogP contribution in [-0.4, -0.2) is 51.8 Å². The number of carbonyl (C=O) groups is 2. The molecule has 1 saturated carbocycles. The number of carboxylic acid groups (broad SMARTS) is 1. The van der Waals surface area contributed by atoms with Crippen LogP contribution in [0, 0.1) is 0 Å². The van der Waals surface area contributed by atoms with Gasteiger partial charge in [0.05, 0.1) is 24.6 Å². The maximum atomic E-state index is 12.1. The van der Waals surface area contributed by atoms with Crippen LogP contribution in [0.5, 0.6) is 0 Å². The SMILES string of the molecule is O=C(O)CC1(NC(=O)N2CCCC2CO)CCC1. The number of aliphatic carboxylic acids is 1. The lowest BCUT2D eigenvalue weighted by atomic mass is 9.74. The lowest BCUT2D eigenvalue weighted by molar-refractivity contribution is -0.139. The topological polar surface area (TPSA) is 89.9 Å². The standard InChI is InChI=1S/C12H20N2O4/c15-8-9-3-1-6-14(9)11(18)13-12(4-2-5-12)7-10(16)17/h9,15H,1-8H2,(H,13,18)(H,16,17). The van der Waals surface area contributed by atoms with Gasteiger partial charge in [-0.15, -0.1) is 0 Å². The molecule has 2 fully saturated rings. The molecule has 0 bridgehead atoms. The van der Waals surface area contributed by atoms with Crippen LogP contribution in [0.15, 0.2) is 0 Å². The van der Waals surface area contributed by atoms with Crippen molar-refractivity contribution in [1.29, 1.82) is 0 Å². The molecule has 1 aliphatic carbocycles. The number of carboxylic acids is 1. The molecule has 102 valence electrons. The van der Waals surface area contributed by atoms with Gasteiger partial charge in [-0.05, 0) is 32.1 Å². The Morgan fingerprint density at radius 2 is 2.06 bits per heavy atom. The van der Waals surface area contributed by atoms with Crippen LogP contribution in [0.3, 0.4) is 0 Å². The number of nitrogens with zero attached hydrogens (tertiary/aromatic N) is 1. The number of aliphatic hydroxyl groups is 1. The minimum Gasteiger partial charge on any atom is -0.481 e. The summed E-state index contributed by atoms with van der Waals surface area (Å²) >= 11 is 0. The van der Waals surface area contributed by atoms with Crippen LogP contribution in [0.1, 0.15) is 38.5 Å². The Hall–Kier alpha value is -1.30. The van der Waals surface area contributed by atoms with E-state index in [1.54, 1.807) is 4.90 Å². The summed E-state index contributed by atoms with van der Waals surface area (Å²) in [7, 11) is 0. The van der Waals surface area contributed by atoms with Crippen molar-refractivity contribution in [2.45, 2.75) is 50.1 Å². The molecule has 1 atom stereocenters. The molecular weight excluding hydrogens is 236 g/mol. The molecule has 0 aromatic rings. The summed E-state index contributed by atoms with van der Waals surface area (Å²) in [6, 6.07) is -0.348. The second-order valence-electron chi connectivity index (χ2n) is 5.31. The van der Waals surface area contributed by atoms with Gasteiger partial charge >= 0.3 is 12.0 Å². The molecule has 2 rings (SSSR count). The van der Waals surface area contributed by atoms with E-state index in [1.807, 2.05) is 0 Å². The van der Waals surface area contributed by atoms with Crippen molar-refractivity contribution in [2.24, 2.45) is 0 Å². The van der Waals surface area contributed by atoms with Crippen LogP contribution in [-0.2, 0) is 4.79 Å². The van der Waals surface area contributed by atoms with Gasteiger partial charge in [0.15, 0.2) is 0 Å². The maximum absolute atomic E-state index is 12.1. The lowest BCUT2D eigenvalue weighted by Crippen LogP contribution is -2.58. The monoisotopic (exact) mass is 256 g/mol. The van der Waals surface area contributed by atoms with Crippen molar-refractivity contribution in [3.63, 3.8) is 0 Å². The van der Waals surface area contributed by atoms with Crippen LogP contribution in [0.25, 0.3) is 0 Å². The molecule has 18 heavy (non-hydrogen) atoms. The van der Waals surface area contributed by atoms with Gasteiger partial charge < -0.3 is 20.4 Å². The summed E-state index contributed by atoms with van der Waals surface area (Å²) in [5, 5.41) is 20.9. The average Bonchev–Trinajstić information content (AvgIpc) is 2.73.